The second-order valence-corrected chi connectivity index (χ2v) is 9.36. The summed E-state index contributed by atoms with van der Waals surface area (Å²) in [5.74, 6) is 1.55. The van der Waals surface area contributed by atoms with Crippen LogP contribution in [0.1, 0.15) is 11.3 Å². The summed E-state index contributed by atoms with van der Waals surface area (Å²) in [5, 5.41) is 18.0. The summed E-state index contributed by atoms with van der Waals surface area (Å²) in [7, 11) is 0. The largest absolute Gasteiger partial charge is 0.368 e. The molecule has 0 spiro atoms. The number of H-pyrrole nitrogens is 1. The molecule has 0 aliphatic carbocycles. The van der Waals surface area contributed by atoms with Gasteiger partial charge in [0.25, 0.3) is 5.69 Å². The quantitative estimate of drug-likeness (QED) is 0.103. The van der Waals surface area contributed by atoms with Crippen LogP contribution in [0.15, 0.2) is 79.3 Å². The van der Waals surface area contributed by atoms with Gasteiger partial charge in [-0.05, 0) is 29.8 Å². The van der Waals surface area contributed by atoms with E-state index < -0.39 is 4.92 Å². The zero-order chi connectivity index (χ0) is 27.2. The van der Waals surface area contributed by atoms with Crippen molar-refractivity contribution in [2.45, 2.75) is 6.42 Å². The zero-order valence-electron chi connectivity index (χ0n) is 20.4. The van der Waals surface area contributed by atoms with Crippen LogP contribution in [-0.4, -0.2) is 42.9 Å². The van der Waals surface area contributed by atoms with Gasteiger partial charge in [-0.15, -0.1) is 0 Å². The maximum Gasteiger partial charge on any atom is 0.287 e. The highest BCUT2D eigenvalue weighted by atomic mass is 35.5. The molecule has 0 bridgehead atoms. The Morgan fingerprint density at radius 1 is 0.872 bits per heavy atom. The molecular weight excluding hydrogens is 539 g/mol. The second kappa shape index (κ2) is 11.9. The van der Waals surface area contributed by atoms with E-state index >= 15 is 0 Å². The van der Waals surface area contributed by atoms with Gasteiger partial charge in [-0.2, -0.15) is 0 Å². The smallest absolute Gasteiger partial charge is 0.287 e. The van der Waals surface area contributed by atoms with Gasteiger partial charge in [0.05, 0.1) is 21.2 Å². The lowest BCUT2D eigenvalue weighted by molar-refractivity contribution is -0.385. The van der Waals surface area contributed by atoms with Crippen LogP contribution in [0.2, 0.25) is 10.0 Å². The Morgan fingerprint density at radius 2 is 1.69 bits per heavy atom. The van der Waals surface area contributed by atoms with Crippen molar-refractivity contribution in [1.82, 2.24) is 24.9 Å². The molecule has 2 aromatic carbocycles. The van der Waals surface area contributed by atoms with Crippen molar-refractivity contribution in [1.29, 1.82) is 0 Å². The van der Waals surface area contributed by atoms with Crippen LogP contribution in [0, 0.1) is 10.1 Å². The lowest BCUT2D eigenvalue weighted by Crippen LogP contribution is -2.16. The molecule has 0 fully saturated rings. The number of imidazole rings is 1. The molecule has 3 N–H and O–H groups in total. The Bertz CT molecular complexity index is 1590. The summed E-state index contributed by atoms with van der Waals surface area (Å²) >= 11 is 12.7. The van der Waals surface area contributed by atoms with Gasteiger partial charge < -0.3 is 15.6 Å². The average molecular weight is 561 g/mol. The number of nitrogens with one attached hydrogen (secondary N) is 3. The van der Waals surface area contributed by atoms with Crippen LogP contribution in [0.4, 0.5) is 17.5 Å². The fraction of sp³-hybridized carbons (Fsp3) is 0.111. The van der Waals surface area contributed by atoms with Gasteiger partial charge in [-0.25, -0.2) is 19.9 Å². The first-order chi connectivity index (χ1) is 19.0. The van der Waals surface area contributed by atoms with Gasteiger partial charge >= 0.3 is 0 Å². The third-order valence-electron chi connectivity index (χ3n) is 5.77. The number of rotatable bonds is 10. The number of anilines is 2. The molecule has 0 saturated heterocycles. The number of nitro groups is 1. The maximum absolute atomic E-state index is 10.8. The lowest BCUT2D eigenvalue weighted by atomic mass is 10.1. The fourth-order valence-electron chi connectivity index (χ4n) is 3.89. The van der Waals surface area contributed by atoms with Crippen LogP contribution in [0.5, 0.6) is 0 Å². The number of pyridine rings is 1. The first kappa shape index (κ1) is 26.1. The number of aromatic nitrogens is 5. The van der Waals surface area contributed by atoms with Gasteiger partial charge in [0.2, 0.25) is 5.95 Å². The molecule has 12 heteroatoms. The number of halogens is 2. The topological polar surface area (TPSA) is 135 Å². The van der Waals surface area contributed by atoms with Gasteiger partial charge in [-0.3, -0.25) is 10.1 Å². The van der Waals surface area contributed by atoms with Crippen molar-refractivity contribution in [3.05, 3.63) is 111 Å². The SMILES string of the molecule is O=[N+]([O-])c1ccc(NCCNc2ncc(-c3ncc(Cc4ccccc4)[nH]3)c(-c3ccc(Cl)cc3Cl)n2)nc1. The van der Waals surface area contributed by atoms with E-state index in [1.165, 1.54) is 17.8 Å². The molecular formula is C27H22Cl2N8O2. The molecule has 0 saturated carbocycles. The summed E-state index contributed by atoms with van der Waals surface area (Å²) in [4.78, 5) is 31.5. The molecule has 3 aromatic heterocycles. The first-order valence-electron chi connectivity index (χ1n) is 11.9. The Hall–Kier alpha value is -4.54. The van der Waals surface area contributed by atoms with E-state index in [0.717, 1.165) is 5.69 Å². The normalized spacial score (nSPS) is 10.8. The van der Waals surface area contributed by atoms with Gasteiger partial charge in [0.1, 0.15) is 17.8 Å². The molecule has 5 rings (SSSR count). The van der Waals surface area contributed by atoms with E-state index in [1.54, 1.807) is 30.6 Å². The van der Waals surface area contributed by atoms with Crippen molar-refractivity contribution in [2.24, 2.45) is 0 Å². The van der Waals surface area contributed by atoms with Crippen molar-refractivity contribution in [3.63, 3.8) is 0 Å². The van der Waals surface area contributed by atoms with E-state index in [4.69, 9.17) is 28.2 Å². The highest BCUT2D eigenvalue weighted by Crippen LogP contribution is 2.35. The molecule has 0 amide bonds. The summed E-state index contributed by atoms with van der Waals surface area (Å²) in [6.45, 7) is 0.946. The van der Waals surface area contributed by atoms with Crippen molar-refractivity contribution in [3.8, 4) is 22.6 Å². The van der Waals surface area contributed by atoms with Crippen LogP contribution in [-0.2, 0) is 6.42 Å². The minimum absolute atomic E-state index is 0.0655. The number of benzene rings is 2. The van der Waals surface area contributed by atoms with E-state index in [1.807, 2.05) is 24.3 Å². The number of hydrogen-bond donors (Lipinski definition) is 3. The molecule has 0 aliphatic rings. The molecule has 0 aliphatic heterocycles. The maximum atomic E-state index is 10.8. The summed E-state index contributed by atoms with van der Waals surface area (Å²) < 4.78 is 0. The highest BCUT2D eigenvalue weighted by Gasteiger charge is 2.17. The zero-order valence-corrected chi connectivity index (χ0v) is 21.9. The molecule has 0 atom stereocenters. The summed E-state index contributed by atoms with van der Waals surface area (Å²) in [5.41, 5.74) is 4.04. The van der Waals surface area contributed by atoms with Crippen molar-refractivity contribution >= 4 is 40.7 Å². The predicted molar refractivity (Wildman–Crippen MR) is 152 cm³/mol. The highest BCUT2D eigenvalue weighted by molar-refractivity contribution is 6.36. The van der Waals surface area contributed by atoms with Gasteiger partial charge in [0.15, 0.2) is 0 Å². The Labute approximate surface area is 233 Å². The Balaban J connectivity index is 1.35. The monoisotopic (exact) mass is 560 g/mol. The molecule has 0 radical (unpaired) electrons. The molecule has 196 valence electrons. The standard InChI is InChI=1S/C27H22Cl2N8O2/c28-18-6-8-21(23(29)13-18)25-22(26-33-14-19(35-26)12-17-4-2-1-3-5-17)16-34-27(36-25)31-11-10-30-24-9-7-20(15-32-24)37(38)39/h1-9,13-16H,10-12H2,(H,30,32)(H,33,35)(H,31,34,36). The number of aromatic amines is 1. The van der Waals surface area contributed by atoms with E-state index in [0.29, 0.717) is 64.0 Å². The third-order valence-corrected chi connectivity index (χ3v) is 6.32. The van der Waals surface area contributed by atoms with Crippen LogP contribution in [0.25, 0.3) is 22.6 Å². The van der Waals surface area contributed by atoms with Crippen LogP contribution < -0.4 is 10.6 Å². The van der Waals surface area contributed by atoms with Gasteiger partial charge in [0, 0.05) is 54.3 Å². The minimum atomic E-state index is -0.489. The van der Waals surface area contributed by atoms with Gasteiger partial charge in [-0.1, -0.05) is 53.5 Å². The predicted octanol–water partition coefficient (Wildman–Crippen LogP) is 6.26. The number of hydrogen-bond acceptors (Lipinski definition) is 8. The average Bonchev–Trinajstić information content (AvgIpc) is 3.40. The van der Waals surface area contributed by atoms with E-state index in [2.05, 4.69) is 42.7 Å². The Morgan fingerprint density at radius 3 is 2.44 bits per heavy atom. The molecule has 0 unspecified atom stereocenters. The third kappa shape index (κ3) is 6.49. The second-order valence-electron chi connectivity index (χ2n) is 8.51. The van der Waals surface area contributed by atoms with Crippen LogP contribution >= 0.6 is 23.2 Å². The minimum Gasteiger partial charge on any atom is -0.368 e. The van der Waals surface area contributed by atoms with Crippen molar-refractivity contribution in [2.75, 3.05) is 23.7 Å². The molecule has 3 heterocycles. The molecule has 39 heavy (non-hydrogen) atoms. The van der Waals surface area contributed by atoms with E-state index in [9.17, 15) is 10.1 Å². The van der Waals surface area contributed by atoms with E-state index in [-0.39, 0.29) is 5.69 Å². The van der Waals surface area contributed by atoms with Crippen LogP contribution in [0.3, 0.4) is 0 Å². The summed E-state index contributed by atoms with van der Waals surface area (Å²) in [6, 6.07) is 18.3. The number of nitrogens with zero attached hydrogens (tertiary/aromatic N) is 5. The van der Waals surface area contributed by atoms with Crippen molar-refractivity contribution < 1.29 is 4.92 Å². The lowest BCUT2D eigenvalue weighted by Gasteiger charge is -2.12. The molecule has 10 nitrogen and oxygen atoms in total. The first-order valence-corrected chi connectivity index (χ1v) is 12.7. The Kier molecular flexibility index (Phi) is 7.95. The fourth-order valence-corrected chi connectivity index (χ4v) is 4.39. The molecule has 5 aromatic rings. The summed E-state index contributed by atoms with van der Waals surface area (Å²) in [6.07, 6.45) is 5.42.